The summed E-state index contributed by atoms with van der Waals surface area (Å²) in [5, 5.41) is 8.53. The van der Waals surface area contributed by atoms with E-state index in [2.05, 4.69) is 0 Å². The number of aliphatic carboxylic acids is 1. The highest BCUT2D eigenvalue weighted by Gasteiger charge is 2.19. The standard InChI is InChI=1S/C8H15NO4.BrH/c1-7(10)13-5-4-9(2,3)6-8(11)12;/h4-6H2,1-3H3;1H. The molecule has 0 aliphatic rings. The monoisotopic (exact) mass is 269 g/mol. The van der Waals surface area contributed by atoms with Crippen LogP contribution in [0.2, 0.25) is 0 Å². The SMILES string of the molecule is CC(=O)OCC[N+](C)(C)CC(=O)O.[Br-]. The summed E-state index contributed by atoms with van der Waals surface area (Å²) >= 11 is 0. The van der Waals surface area contributed by atoms with Crippen molar-refractivity contribution in [1.82, 2.24) is 0 Å². The molecule has 0 radical (unpaired) electrons. The molecular weight excluding hydrogens is 254 g/mol. The van der Waals surface area contributed by atoms with Crippen molar-refractivity contribution in [3.05, 3.63) is 0 Å². The molecule has 0 unspecified atom stereocenters. The van der Waals surface area contributed by atoms with Crippen LogP contribution in [0.3, 0.4) is 0 Å². The van der Waals surface area contributed by atoms with Crippen molar-refractivity contribution < 1.29 is 40.9 Å². The van der Waals surface area contributed by atoms with Crippen LogP contribution in [-0.2, 0) is 14.3 Å². The van der Waals surface area contributed by atoms with Gasteiger partial charge in [-0.2, -0.15) is 0 Å². The van der Waals surface area contributed by atoms with E-state index in [1.165, 1.54) is 6.92 Å². The second-order valence-electron chi connectivity index (χ2n) is 3.55. The molecule has 0 saturated heterocycles. The first kappa shape index (κ1) is 15.8. The maximum atomic E-state index is 10.4. The number of nitrogens with zero attached hydrogens (tertiary/aromatic N) is 1. The summed E-state index contributed by atoms with van der Waals surface area (Å²) in [6.45, 7) is 2.12. The first-order valence-corrected chi connectivity index (χ1v) is 4.01. The van der Waals surface area contributed by atoms with E-state index in [4.69, 9.17) is 9.84 Å². The molecule has 0 aromatic heterocycles. The van der Waals surface area contributed by atoms with Crippen LogP contribution in [0, 0.1) is 0 Å². The van der Waals surface area contributed by atoms with Gasteiger partial charge in [-0.3, -0.25) is 4.79 Å². The lowest BCUT2D eigenvalue weighted by Crippen LogP contribution is -3.00. The normalized spacial score (nSPS) is 10.2. The molecule has 84 valence electrons. The molecule has 5 nitrogen and oxygen atoms in total. The lowest BCUT2D eigenvalue weighted by atomic mass is 10.4. The molecule has 0 rings (SSSR count). The summed E-state index contributed by atoms with van der Waals surface area (Å²) in [7, 11) is 3.55. The number of hydrogen-bond donors (Lipinski definition) is 1. The minimum atomic E-state index is -0.854. The molecule has 1 N–H and O–H groups in total. The van der Waals surface area contributed by atoms with E-state index in [0.717, 1.165) is 0 Å². The number of carboxylic acids is 1. The lowest BCUT2D eigenvalue weighted by molar-refractivity contribution is -0.883. The average molecular weight is 270 g/mol. The number of carbonyl (C=O) groups is 2. The third-order valence-corrected chi connectivity index (χ3v) is 1.57. The number of carboxylic acid groups (broad SMARTS) is 1. The third kappa shape index (κ3) is 9.47. The van der Waals surface area contributed by atoms with E-state index < -0.39 is 5.97 Å². The van der Waals surface area contributed by atoms with Crippen LogP contribution in [0.4, 0.5) is 0 Å². The van der Waals surface area contributed by atoms with Gasteiger partial charge in [0, 0.05) is 6.92 Å². The Morgan fingerprint density at radius 3 is 2.21 bits per heavy atom. The average Bonchev–Trinajstić information content (AvgIpc) is 1.81. The molecule has 0 saturated carbocycles. The Kier molecular flexibility index (Phi) is 7.67. The summed E-state index contributed by atoms with van der Waals surface area (Å²) in [5.74, 6) is -1.19. The highest BCUT2D eigenvalue weighted by atomic mass is 79.9. The van der Waals surface area contributed by atoms with Crippen LogP contribution in [0.5, 0.6) is 0 Å². The minimum Gasteiger partial charge on any atom is -1.00 e. The fourth-order valence-electron chi connectivity index (χ4n) is 0.882. The van der Waals surface area contributed by atoms with Crippen LogP contribution in [0.25, 0.3) is 0 Å². The fourth-order valence-corrected chi connectivity index (χ4v) is 0.882. The van der Waals surface area contributed by atoms with E-state index in [0.29, 0.717) is 11.0 Å². The Morgan fingerprint density at radius 2 is 1.86 bits per heavy atom. The Balaban J connectivity index is 0. The molecule has 0 spiro atoms. The van der Waals surface area contributed by atoms with Gasteiger partial charge in [-0.25, -0.2) is 4.79 Å². The maximum Gasteiger partial charge on any atom is 0.359 e. The van der Waals surface area contributed by atoms with Gasteiger partial charge in [0.25, 0.3) is 0 Å². The smallest absolute Gasteiger partial charge is 0.359 e. The zero-order valence-electron chi connectivity index (χ0n) is 8.62. The highest BCUT2D eigenvalue weighted by Crippen LogP contribution is 1.96. The highest BCUT2D eigenvalue weighted by molar-refractivity contribution is 5.68. The van der Waals surface area contributed by atoms with E-state index >= 15 is 0 Å². The Hall–Kier alpha value is -0.620. The van der Waals surface area contributed by atoms with Gasteiger partial charge in [0.2, 0.25) is 0 Å². The van der Waals surface area contributed by atoms with Gasteiger partial charge in [0.05, 0.1) is 14.1 Å². The molecule has 14 heavy (non-hydrogen) atoms. The van der Waals surface area contributed by atoms with Gasteiger partial charge >= 0.3 is 11.9 Å². The fraction of sp³-hybridized carbons (Fsp3) is 0.750. The molecule has 0 aromatic carbocycles. The molecule has 0 aliphatic heterocycles. The first-order valence-electron chi connectivity index (χ1n) is 4.01. The van der Waals surface area contributed by atoms with Gasteiger partial charge in [0.15, 0.2) is 6.54 Å². The number of carbonyl (C=O) groups excluding carboxylic acids is 1. The van der Waals surface area contributed by atoms with Crippen LogP contribution < -0.4 is 17.0 Å². The van der Waals surface area contributed by atoms with Crippen molar-refractivity contribution in [2.45, 2.75) is 6.92 Å². The van der Waals surface area contributed by atoms with Crippen molar-refractivity contribution in [1.29, 1.82) is 0 Å². The van der Waals surface area contributed by atoms with Gasteiger partial charge in [-0.05, 0) is 0 Å². The number of ether oxygens (including phenoxy) is 1. The maximum absolute atomic E-state index is 10.4. The lowest BCUT2D eigenvalue weighted by Gasteiger charge is -2.27. The minimum absolute atomic E-state index is 0. The third-order valence-electron chi connectivity index (χ3n) is 1.57. The summed E-state index contributed by atoms with van der Waals surface area (Å²) in [6.07, 6.45) is 0. The molecule has 0 bridgehead atoms. The Labute approximate surface area is 94.0 Å². The Morgan fingerprint density at radius 1 is 1.36 bits per heavy atom. The number of hydrogen-bond acceptors (Lipinski definition) is 3. The summed E-state index contributed by atoms with van der Waals surface area (Å²) in [4.78, 5) is 20.8. The van der Waals surface area contributed by atoms with Crippen molar-refractivity contribution in [3.8, 4) is 0 Å². The van der Waals surface area contributed by atoms with Gasteiger partial charge in [0.1, 0.15) is 13.2 Å². The van der Waals surface area contributed by atoms with Crippen molar-refractivity contribution >= 4 is 11.9 Å². The topological polar surface area (TPSA) is 63.6 Å². The summed E-state index contributed by atoms with van der Waals surface area (Å²) < 4.78 is 5.02. The van der Waals surface area contributed by atoms with Crippen molar-refractivity contribution in [3.63, 3.8) is 0 Å². The van der Waals surface area contributed by atoms with Crippen molar-refractivity contribution in [2.75, 3.05) is 33.8 Å². The van der Waals surface area contributed by atoms with Crippen LogP contribution in [0.1, 0.15) is 6.92 Å². The van der Waals surface area contributed by atoms with Gasteiger partial charge in [-0.15, -0.1) is 0 Å². The van der Waals surface area contributed by atoms with E-state index in [-0.39, 0.29) is 36.1 Å². The molecule has 0 heterocycles. The zero-order chi connectivity index (χ0) is 10.5. The number of likely N-dealkylation sites (N-methyl/N-ethyl adjacent to an activating group) is 1. The predicted molar refractivity (Wildman–Crippen MR) is 46.1 cm³/mol. The number of rotatable bonds is 5. The van der Waals surface area contributed by atoms with Gasteiger partial charge in [-0.1, -0.05) is 0 Å². The second kappa shape index (κ2) is 6.78. The number of quaternary nitrogens is 1. The quantitative estimate of drug-likeness (QED) is 0.420. The first-order chi connectivity index (χ1) is 5.83. The molecule has 0 aromatic rings. The van der Waals surface area contributed by atoms with E-state index in [9.17, 15) is 9.59 Å². The number of halogens is 1. The molecular formula is C8H16BrNO4. The van der Waals surface area contributed by atoms with Crippen molar-refractivity contribution in [2.24, 2.45) is 0 Å². The predicted octanol–water partition coefficient (Wildman–Crippen LogP) is -3.29. The molecule has 0 aliphatic carbocycles. The molecule has 6 heteroatoms. The molecule has 0 atom stereocenters. The van der Waals surface area contributed by atoms with Gasteiger partial charge < -0.3 is 31.3 Å². The summed E-state index contributed by atoms with van der Waals surface area (Å²) in [5.41, 5.74) is 0. The summed E-state index contributed by atoms with van der Waals surface area (Å²) in [6, 6.07) is 0. The van der Waals surface area contributed by atoms with Crippen LogP contribution in [0.15, 0.2) is 0 Å². The molecule has 0 fully saturated rings. The zero-order valence-corrected chi connectivity index (χ0v) is 10.2. The number of esters is 1. The largest absolute Gasteiger partial charge is 1.00 e. The van der Waals surface area contributed by atoms with E-state index in [1.54, 1.807) is 14.1 Å². The molecule has 0 amide bonds. The van der Waals surface area contributed by atoms with E-state index in [1.807, 2.05) is 0 Å². The van der Waals surface area contributed by atoms with Crippen LogP contribution >= 0.6 is 0 Å². The Bertz CT molecular complexity index is 206. The van der Waals surface area contributed by atoms with Crippen LogP contribution in [-0.4, -0.2) is 55.3 Å². The second-order valence-corrected chi connectivity index (χ2v) is 3.55.